The fourth-order valence-corrected chi connectivity index (χ4v) is 7.86. The van der Waals surface area contributed by atoms with Crippen LogP contribution in [0.3, 0.4) is 0 Å². The Morgan fingerprint density at radius 2 is 1.67 bits per heavy atom. The zero-order valence-corrected chi connectivity index (χ0v) is 24.7. The van der Waals surface area contributed by atoms with E-state index in [1.165, 1.54) is 0 Å². The van der Waals surface area contributed by atoms with Gasteiger partial charge in [-0.05, 0) is 111 Å². The molecule has 3 aliphatic rings. The molecule has 0 aromatic heterocycles. The van der Waals surface area contributed by atoms with Crippen molar-refractivity contribution in [3.63, 3.8) is 0 Å². The number of allylic oxidation sites excluding steroid dienone is 4. The van der Waals surface area contributed by atoms with Gasteiger partial charge in [-0.1, -0.05) is 50.6 Å². The summed E-state index contributed by atoms with van der Waals surface area (Å²) in [6.45, 7) is 1.00. The molecule has 0 spiro atoms. The first-order valence-electron chi connectivity index (χ1n) is 17.7. The molecule has 4 N–H and O–H groups in total. The third-order valence-corrected chi connectivity index (χ3v) is 10.2. The van der Waals surface area contributed by atoms with Gasteiger partial charge in [0, 0.05) is 14.6 Å². The summed E-state index contributed by atoms with van der Waals surface area (Å²) >= 11 is 0. The number of hydrogen-bond donors (Lipinski definition) is 4. The van der Waals surface area contributed by atoms with Gasteiger partial charge in [-0.3, -0.25) is 0 Å². The van der Waals surface area contributed by atoms with Crippen molar-refractivity contribution in [2.75, 3.05) is 0 Å². The Balaban J connectivity index is 2.01. The second-order valence-corrected chi connectivity index (χ2v) is 13.3. The lowest BCUT2D eigenvalue weighted by Crippen LogP contribution is -2.55. The number of hydrogen-bond acceptors (Lipinski definition) is 4. The molecular formula is C33H48F6O4. The number of aliphatic hydroxyl groups excluding tert-OH is 2. The van der Waals surface area contributed by atoms with Crippen LogP contribution in [0.5, 0.6) is 0 Å². The van der Waals surface area contributed by atoms with Gasteiger partial charge in [-0.15, -0.1) is 0 Å². The van der Waals surface area contributed by atoms with Crippen molar-refractivity contribution >= 4 is 0 Å². The summed E-state index contributed by atoms with van der Waals surface area (Å²) in [7, 11) is 0. The highest BCUT2D eigenvalue weighted by atomic mass is 19.4. The molecule has 1 unspecified atom stereocenters. The minimum absolute atomic E-state index is 0.0338. The van der Waals surface area contributed by atoms with E-state index in [0.29, 0.717) is 42.9 Å². The summed E-state index contributed by atoms with van der Waals surface area (Å²) in [6.07, 6.45) is -7.24. The van der Waals surface area contributed by atoms with Crippen molar-refractivity contribution < 1.29 is 55.0 Å². The van der Waals surface area contributed by atoms with Crippen LogP contribution >= 0.6 is 0 Å². The first-order valence-corrected chi connectivity index (χ1v) is 14.7. The molecule has 0 amide bonds. The zero-order chi connectivity index (χ0) is 37.6. The van der Waals surface area contributed by atoms with Crippen LogP contribution in [-0.2, 0) is 0 Å². The van der Waals surface area contributed by atoms with Crippen LogP contribution in [0.4, 0.5) is 26.3 Å². The first kappa shape index (κ1) is 27.7. The maximum atomic E-state index is 13.5. The Bertz CT molecular complexity index is 1280. The quantitative estimate of drug-likeness (QED) is 0.155. The van der Waals surface area contributed by atoms with E-state index in [-0.39, 0.29) is 43.6 Å². The normalized spacial score (nSPS) is 35.6. The molecule has 0 radical (unpaired) electrons. The molecule has 3 fully saturated rings. The molecule has 246 valence electrons. The van der Waals surface area contributed by atoms with Crippen molar-refractivity contribution in [2.45, 2.75) is 134 Å². The molecule has 3 aliphatic carbocycles. The number of fused-ring (bicyclic) bond motifs is 1. The topological polar surface area (TPSA) is 80.9 Å². The maximum absolute atomic E-state index is 13.5. The molecule has 3 rings (SSSR count). The number of alkyl halides is 6. The molecule has 0 heterocycles. The molecular weight excluding hydrogens is 574 g/mol. The van der Waals surface area contributed by atoms with Crippen LogP contribution in [-0.4, -0.2) is 56.2 Å². The van der Waals surface area contributed by atoms with Crippen LogP contribution in [0, 0.1) is 22.7 Å². The second kappa shape index (κ2) is 12.6. The Hall–Kier alpha value is -1.62. The molecule has 0 aliphatic heterocycles. The fraction of sp³-hybridized carbons (Fsp3) is 0.758. The highest BCUT2D eigenvalue weighted by Crippen LogP contribution is 2.64. The van der Waals surface area contributed by atoms with Crippen molar-refractivity contribution in [2.24, 2.45) is 22.7 Å². The molecule has 43 heavy (non-hydrogen) atoms. The minimum Gasteiger partial charge on any atom is -0.393 e. The van der Waals surface area contributed by atoms with Gasteiger partial charge in [0.1, 0.15) is 0 Å². The van der Waals surface area contributed by atoms with Gasteiger partial charge < -0.3 is 20.4 Å². The number of rotatable bonds is 9. The zero-order valence-electron chi connectivity index (χ0n) is 30.7. The summed E-state index contributed by atoms with van der Waals surface area (Å²) in [5.74, 6) is -0.375. The molecule has 6 atom stereocenters. The Morgan fingerprint density at radius 1 is 1.02 bits per heavy atom. The van der Waals surface area contributed by atoms with Crippen LogP contribution in [0.2, 0.25) is 0 Å². The monoisotopic (exact) mass is 628 g/mol. The van der Waals surface area contributed by atoms with Crippen LogP contribution in [0.25, 0.3) is 0 Å². The molecule has 0 bridgehead atoms. The molecule has 4 nitrogen and oxygen atoms in total. The Morgan fingerprint density at radius 3 is 2.28 bits per heavy atom. The van der Waals surface area contributed by atoms with Crippen molar-refractivity contribution in [3.8, 4) is 0 Å². The second-order valence-electron chi connectivity index (χ2n) is 13.3. The number of aliphatic hydroxyl groups is 4. The number of halogens is 6. The van der Waals surface area contributed by atoms with E-state index in [4.69, 9.17) is 8.22 Å². The summed E-state index contributed by atoms with van der Waals surface area (Å²) in [5, 5.41) is 41.0. The lowest BCUT2D eigenvalue weighted by atomic mass is 9.55. The van der Waals surface area contributed by atoms with Gasteiger partial charge in [-0.2, -0.15) is 26.3 Å². The van der Waals surface area contributed by atoms with Crippen molar-refractivity contribution in [1.82, 2.24) is 0 Å². The summed E-state index contributed by atoms with van der Waals surface area (Å²) in [5.41, 5.74) is -7.54. The van der Waals surface area contributed by atoms with Crippen molar-refractivity contribution in [1.29, 1.82) is 0 Å². The third-order valence-electron chi connectivity index (χ3n) is 10.2. The van der Waals surface area contributed by atoms with E-state index in [1.807, 2.05) is 19.1 Å². The van der Waals surface area contributed by atoms with Gasteiger partial charge in [0.25, 0.3) is 5.60 Å². The van der Waals surface area contributed by atoms with Crippen LogP contribution in [0.15, 0.2) is 47.6 Å². The van der Waals surface area contributed by atoms with Crippen molar-refractivity contribution in [3.05, 3.63) is 47.6 Å². The van der Waals surface area contributed by atoms with E-state index in [1.54, 1.807) is 6.92 Å². The first-order chi connectivity index (χ1) is 22.0. The Kier molecular flexibility index (Phi) is 8.14. The van der Waals surface area contributed by atoms with E-state index in [2.05, 4.69) is 6.58 Å². The average molecular weight is 629 g/mol. The Labute approximate surface area is 259 Å². The fourth-order valence-electron chi connectivity index (χ4n) is 7.86. The van der Waals surface area contributed by atoms with Gasteiger partial charge in [-0.25, -0.2) is 0 Å². The van der Waals surface area contributed by atoms with Gasteiger partial charge >= 0.3 is 12.4 Å². The van der Waals surface area contributed by atoms with Gasteiger partial charge in [0.15, 0.2) is 0 Å². The molecule has 0 saturated heterocycles. The van der Waals surface area contributed by atoms with Crippen LogP contribution < -0.4 is 0 Å². The smallest absolute Gasteiger partial charge is 0.393 e. The molecule has 3 saturated carbocycles. The van der Waals surface area contributed by atoms with E-state index >= 15 is 0 Å². The predicted molar refractivity (Wildman–Crippen MR) is 154 cm³/mol. The van der Waals surface area contributed by atoms with Crippen LogP contribution in [0.1, 0.15) is 106 Å². The summed E-state index contributed by atoms with van der Waals surface area (Å²) in [6, 6.07) is 0. The lowest BCUT2D eigenvalue weighted by Gasteiger charge is -2.49. The maximum Gasteiger partial charge on any atom is 0.429 e. The van der Waals surface area contributed by atoms with Gasteiger partial charge in [0.2, 0.25) is 0 Å². The third kappa shape index (κ3) is 7.79. The van der Waals surface area contributed by atoms with E-state index < -0.39 is 66.7 Å². The molecule has 10 heteroatoms. The molecule has 0 aromatic rings. The van der Waals surface area contributed by atoms with E-state index in [9.17, 15) is 46.8 Å². The summed E-state index contributed by atoms with van der Waals surface area (Å²) in [4.78, 5) is 0. The standard InChI is InChI=1S/C33H48F6O4/c1-21-23(19-24(40)20-26(21)41)11-10-22-9-6-17-30(5)25(22)12-13-27(30)29(4,15-7-14-28(2,3)42)16-8-18-31(43,32(34,35)36)33(37,38)39/h8,10-11,18,24-27,40-43H,1,6-7,9,12-17,19-20H2,2-5H3/b18-8-,22-10+,23-11-/t24-,25?,26+,27-,29-,30+/m1/s1/i2D3,3D3. The minimum atomic E-state index is -6.06. The van der Waals surface area contributed by atoms with Gasteiger partial charge in [0.05, 0.1) is 17.8 Å². The summed E-state index contributed by atoms with van der Waals surface area (Å²) < 4.78 is 127. The predicted octanol–water partition coefficient (Wildman–Crippen LogP) is 7.88. The highest BCUT2D eigenvalue weighted by Gasteiger charge is 2.69. The average Bonchev–Trinajstić information content (AvgIpc) is 3.29. The largest absolute Gasteiger partial charge is 0.429 e. The SMILES string of the molecule is [2H]C([2H])([2H])C(O)(CCC[C@](C)(C/C=C\C(O)(C(F)(F)F)C(F)(F)F)[C@H]1CCC2/C(=C/C=C3/C[C@@H](O)C[C@H](O)C3=C)CCC[C@@]21C)C([2H])([2H])[2H]. The molecule has 0 aromatic carbocycles. The van der Waals surface area contributed by atoms with E-state index in [0.717, 1.165) is 18.4 Å². The highest BCUT2D eigenvalue weighted by molar-refractivity contribution is 5.38. The lowest BCUT2D eigenvalue weighted by molar-refractivity contribution is -0.347.